The lowest BCUT2D eigenvalue weighted by molar-refractivity contribution is -0.137. The Bertz CT molecular complexity index is 1050. The van der Waals surface area contributed by atoms with Crippen molar-refractivity contribution in [2.45, 2.75) is 13.3 Å². The molecule has 0 bridgehead atoms. The molecule has 0 aromatic heterocycles. The molecule has 2 aromatic carbocycles. The lowest BCUT2D eigenvalue weighted by Crippen LogP contribution is -2.34. The minimum atomic E-state index is -0.387. The molecule has 0 saturated carbocycles. The topological polar surface area (TPSA) is 86.3 Å². The van der Waals surface area contributed by atoms with Crippen LogP contribution in [0.1, 0.15) is 18.9 Å². The lowest BCUT2D eigenvalue weighted by atomic mass is 10.0. The van der Waals surface area contributed by atoms with Crippen LogP contribution >= 0.6 is 0 Å². The summed E-state index contributed by atoms with van der Waals surface area (Å²) in [6.07, 6.45) is 0.557. The van der Waals surface area contributed by atoms with Gasteiger partial charge in [-0.05, 0) is 31.5 Å². The van der Waals surface area contributed by atoms with Crippen molar-refractivity contribution < 1.29 is 28.5 Å². The molecule has 4 rings (SSSR count). The summed E-state index contributed by atoms with van der Waals surface area (Å²) < 4.78 is 22.0. The standard InChI is InChI=1S/C24H26N2O6/c1-3-30-12-6-11-26-23(27)21(17-7-4-5-8-18(17)29-2)22(24(26)28)25-16-9-10-19-20(15-16)32-14-13-31-19/h4-5,7-10,15,25H,3,6,11-14H2,1-2H3. The summed E-state index contributed by atoms with van der Waals surface area (Å²) >= 11 is 0. The molecule has 168 valence electrons. The van der Waals surface area contributed by atoms with Gasteiger partial charge in [0.15, 0.2) is 11.5 Å². The highest BCUT2D eigenvalue weighted by atomic mass is 16.6. The molecule has 2 aliphatic heterocycles. The Labute approximate surface area is 186 Å². The number of hydrogen-bond donors (Lipinski definition) is 1. The Hall–Kier alpha value is -3.52. The van der Waals surface area contributed by atoms with Crippen LogP contribution in [0.3, 0.4) is 0 Å². The number of nitrogens with zero attached hydrogens (tertiary/aromatic N) is 1. The van der Waals surface area contributed by atoms with E-state index >= 15 is 0 Å². The maximum absolute atomic E-state index is 13.3. The number of nitrogens with one attached hydrogen (secondary N) is 1. The van der Waals surface area contributed by atoms with E-state index in [0.717, 1.165) is 0 Å². The number of hydrogen-bond acceptors (Lipinski definition) is 7. The highest BCUT2D eigenvalue weighted by molar-refractivity contribution is 6.37. The van der Waals surface area contributed by atoms with E-state index in [1.807, 2.05) is 19.1 Å². The number of benzene rings is 2. The van der Waals surface area contributed by atoms with Crippen LogP contribution in [0.4, 0.5) is 5.69 Å². The molecule has 8 nitrogen and oxygen atoms in total. The minimum absolute atomic E-state index is 0.201. The van der Waals surface area contributed by atoms with Gasteiger partial charge >= 0.3 is 0 Å². The van der Waals surface area contributed by atoms with E-state index < -0.39 is 0 Å². The average molecular weight is 438 g/mol. The van der Waals surface area contributed by atoms with E-state index in [1.165, 1.54) is 12.0 Å². The van der Waals surface area contributed by atoms with E-state index in [-0.39, 0.29) is 29.6 Å². The quantitative estimate of drug-likeness (QED) is 0.476. The van der Waals surface area contributed by atoms with Crippen molar-refractivity contribution in [1.29, 1.82) is 0 Å². The molecule has 2 heterocycles. The minimum Gasteiger partial charge on any atom is -0.496 e. The van der Waals surface area contributed by atoms with Gasteiger partial charge in [0.05, 0.1) is 12.7 Å². The van der Waals surface area contributed by atoms with Gasteiger partial charge in [-0.1, -0.05) is 18.2 Å². The van der Waals surface area contributed by atoms with Crippen LogP contribution in [0.15, 0.2) is 48.2 Å². The van der Waals surface area contributed by atoms with Crippen molar-refractivity contribution in [1.82, 2.24) is 4.90 Å². The maximum atomic E-state index is 13.3. The van der Waals surface area contributed by atoms with Gasteiger partial charge in [0.2, 0.25) is 0 Å². The van der Waals surface area contributed by atoms with E-state index in [0.29, 0.717) is 61.3 Å². The Morgan fingerprint density at radius 2 is 1.81 bits per heavy atom. The highest BCUT2D eigenvalue weighted by Crippen LogP contribution is 2.37. The molecule has 2 aliphatic rings. The first-order valence-electron chi connectivity index (χ1n) is 10.6. The summed E-state index contributed by atoms with van der Waals surface area (Å²) in [6.45, 7) is 4.18. The lowest BCUT2D eigenvalue weighted by Gasteiger charge is -2.19. The van der Waals surface area contributed by atoms with Crippen molar-refractivity contribution in [2.75, 3.05) is 45.4 Å². The zero-order valence-corrected chi connectivity index (χ0v) is 18.2. The van der Waals surface area contributed by atoms with Crippen molar-refractivity contribution in [2.24, 2.45) is 0 Å². The molecule has 0 spiro atoms. The average Bonchev–Trinajstić information content (AvgIpc) is 3.05. The van der Waals surface area contributed by atoms with Crippen LogP contribution < -0.4 is 19.5 Å². The molecule has 2 aromatic rings. The number of carbonyl (C=O) groups excluding carboxylic acids is 2. The fourth-order valence-electron chi connectivity index (χ4n) is 3.73. The number of imide groups is 1. The predicted molar refractivity (Wildman–Crippen MR) is 119 cm³/mol. The van der Waals surface area contributed by atoms with Gasteiger partial charge < -0.3 is 24.3 Å². The fraction of sp³-hybridized carbons (Fsp3) is 0.333. The molecule has 1 N–H and O–H groups in total. The van der Waals surface area contributed by atoms with Gasteiger partial charge in [-0.25, -0.2) is 0 Å². The van der Waals surface area contributed by atoms with Gasteiger partial charge in [0.25, 0.3) is 11.8 Å². The maximum Gasteiger partial charge on any atom is 0.278 e. The van der Waals surface area contributed by atoms with Crippen LogP contribution in [-0.4, -0.2) is 56.8 Å². The third kappa shape index (κ3) is 4.27. The van der Waals surface area contributed by atoms with Crippen LogP contribution in [0, 0.1) is 0 Å². The second kappa shape index (κ2) is 9.74. The van der Waals surface area contributed by atoms with Crippen molar-refractivity contribution in [3.63, 3.8) is 0 Å². The Morgan fingerprint density at radius 1 is 1.03 bits per heavy atom. The fourth-order valence-corrected chi connectivity index (χ4v) is 3.73. The summed E-state index contributed by atoms with van der Waals surface area (Å²) in [4.78, 5) is 27.9. The summed E-state index contributed by atoms with van der Waals surface area (Å²) in [5, 5.41) is 3.15. The van der Waals surface area contributed by atoms with E-state index in [1.54, 1.807) is 30.3 Å². The summed E-state index contributed by atoms with van der Waals surface area (Å²) in [5.41, 5.74) is 1.65. The number of methoxy groups -OCH3 is 1. The molecule has 2 amide bonds. The first-order chi connectivity index (χ1) is 15.6. The molecule has 0 atom stereocenters. The molecule has 0 radical (unpaired) electrons. The van der Waals surface area contributed by atoms with E-state index in [4.69, 9.17) is 18.9 Å². The van der Waals surface area contributed by atoms with Gasteiger partial charge in [-0.2, -0.15) is 0 Å². The molecule has 0 unspecified atom stereocenters. The summed E-state index contributed by atoms with van der Waals surface area (Å²) in [6, 6.07) is 12.5. The normalized spacial score (nSPS) is 15.4. The first-order valence-corrected chi connectivity index (χ1v) is 10.6. The molecular weight excluding hydrogens is 412 g/mol. The SMILES string of the molecule is CCOCCCN1C(=O)C(Nc2ccc3c(c2)OCCO3)=C(c2ccccc2OC)C1=O. The smallest absolute Gasteiger partial charge is 0.278 e. The van der Waals surface area contributed by atoms with Crippen molar-refractivity contribution in [3.8, 4) is 17.2 Å². The number of amides is 2. The number of ether oxygens (including phenoxy) is 4. The van der Waals surface area contributed by atoms with Crippen LogP contribution in [0.25, 0.3) is 5.57 Å². The molecule has 0 saturated heterocycles. The van der Waals surface area contributed by atoms with Crippen LogP contribution in [0.5, 0.6) is 17.2 Å². The Kier molecular flexibility index (Phi) is 6.61. The number of anilines is 1. The Balaban J connectivity index is 1.69. The van der Waals surface area contributed by atoms with Gasteiger partial charge in [0.1, 0.15) is 24.7 Å². The molecular formula is C24H26N2O6. The van der Waals surface area contributed by atoms with Crippen molar-refractivity contribution in [3.05, 3.63) is 53.7 Å². The molecule has 8 heteroatoms. The number of rotatable bonds is 9. The third-order valence-corrected chi connectivity index (χ3v) is 5.23. The second-order valence-corrected chi connectivity index (χ2v) is 7.25. The van der Waals surface area contributed by atoms with Crippen molar-refractivity contribution >= 4 is 23.1 Å². The second-order valence-electron chi connectivity index (χ2n) is 7.25. The number of fused-ring (bicyclic) bond motifs is 1. The zero-order chi connectivity index (χ0) is 22.5. The highest BCUT2D eigenvalue weighted by Gasteiger charge is 2.40. The summed E-state index contributed by atoms with van der Waals surface area (Å²) in [5.74, 6) is 0.998. The predicted octanol–water partition coefficient (Wildman–Crippen LogP) is 3.09. The molecule has 0 aliphatic carbocycles. The molecule has 32 heavy (non-hydrogen) atoms. The zero-order valence-electron chi connectivity index (χ0n) is 18.2. The van der Waals surface area contributed by atoms with Crippen LogP contribution in [0.2, 0.25) is 0 Å². The largest absolute Gasteiger partial charge is 0.496 e. The van der Waals surface area contributed by atoms with Gasteiger partial charge in [-0.3, -0.25) is 14.5 Å². The van der Waals surface area contributed by atoms with E-state index in [9.17, 15) is 9.59 Å². The summed E-state index contributed by atoms with van der Waals surface area (Å²) in [7, 11) is 1.54. The van der Waals surface area contributed by atoms with Crippen LogP contribution in [-0.2, 0) is 14.3 Å². The third-order valence-electron chi connectivity index (χ3n) is 5.23. The van der Waals surface area contributed by atoms with E-state index in [2.05, 4.69) is 5.32 Å². The number of carbonyl (C=O) groups is 2. The first kappa shape index (κ1) is 21.7. The number of para-hydroxylation sites is 1. The van der Waals surface area contributed by atoms with Gasteiger partial charge in [0, 0.05) is 37.1 Å². The Morgan fingerprint density at radius 3 is 2.59 bits per heavy atom. The monoisotopic (exact) mass is 438 g/mol. The van der Waals surface area contributed by atoms with Gasteiger partial charge in [-0.15, -0.1) is 0 Å². The molecule has 0 fully saturated rings.